The van der Waals surface area contributed by atoms with E-state index >= 15 is 0 Å². The molecule has 0 aromatic heterocycles. The number of rotatable bonds is 9. The van der Waals surface area contributed by atoms with Gasteiger partial charge in [0.05, 0.1) is 19.1 Å². The molecule has 5 nitrogen and oxygen atoms in total. The van der Waals surface area contributed by atoms with Crippen molar-refractivity contribution in [2.24, 2.45) is 5.10 Å². The molecule has 0 atom stereocenters. The summed E-state index contributed by atoms with van der Waals surface area (Å²) < 4.78 is 10.8. The Morgan fingerprint density at radius 3 is 2.80 bits per heavy atom. The zero-order valence-electron chi connectivity index (χ0n) is 14.0. The molecular weight excluding hydrogens is 336 g/mol. The summed E-state index contributed by atoms with van der Waals surface area (Å²) in [5.74, 6) is 1.43. The smallest absolute Gasteiger partial charge is 0.250 e. The lowest BCUT2D eigenvalue weighted by atomic mass is 10.2. The van der Waals surface area contributed by atoms with Crippen LogP contribution in [0.3, 0.4) is 0 Å². The number of hydrogen-bond acceptors (Lipinski definition) is 5. The third kappa shape index (κ3) is 6.35. The van der Waals surface area contributed by atoms with E-state index < -0.39 is 0 Å². The molecule has 0 bridgehead atoms. The molecule has 2 aromatic rings. The number of ether oxygens (including phenoxy) is 2. The summed E-state index contributed by atoms with van der Waals surface area (Å²) in [5.41, 5.74) is 3.22. The Labute approximate surface area is 151 Å². The molecule has 0 fully saturated rings. The van der Waals surface area contributed by atoms with E-state index in [0.29, 0.717) is 29.4 Å². The zero-order chi connectivity index (χ0) is 17.9. The molecule has 0 saturated carbocycles. The lowest BCUT2D eigenvalue weighted by molar-refractivity contribution is -0.118. The molecular formula is C19H20N2O3S. The van der Waals surface area contributed by atoms with Crippen LogP contribution in [0.25, 0.3) is 0 Å². The minimum atomic E-state index is -0.179. The Hall–Kier alpha value is -2.73. The van der Waals surface area contributed by atoms with Gasteiger partial charge in [0.1, 0.15) is 18.1 Å². The van der Waals surface area contributed by atoms with Crippen LogP contribution < -0.4 is 14.9 Å². The molecule has 2 aromatic carbocycles. The second-order valence-electron chi connectivity index (χ2n) is 4.90. The predicted octanol–water partition coefficient (Wildman–Crippen LogP) is 3.50. The van der Waals surface area contributed by atoms with Gasteiger partial charge in [0.2, 0.25) is 5.91 Å². The Kier molecular flexibility index (Phi) is 7.59. The van der Waals surface area contributed by atoms with E-state index in [9.17, 15) is 4.79 Å². The van der Waals surface area contributed by atoms with Gasteiger partial charge in [0, 0.05) is 10.5 Å². The number of hydrogen-bond donors (Lipinski definition) is 1. The number of thioether (sulfide) groups is 1. The van der Waals surface area contributed by atoms with Gasteiger partial charge in [-0.3, -0.25) is 4.79 Å². The van der Waals surface area contributed by atoms with Gasteiger partial charge in [-0.25, -0.2) is 5.43 Å². The van der Waals surface area contributed by atoms with E-state index in [1.54, 1.807) is 31.4 Å². The van der Waals surface area contributed by atoms with E-state index in [-0.39, 0.29) is 5.91 Å². The van der Waals surface area contributed by atoms with Crippen LogP contribution in [0.4, 0.5) is 0 Å². The molecule has 0 aliphatic carbocycles. The average Bonchev–Trinajstić information content (AvgIpc) is 2.66. The molecule has 1 amide bonds. The van der Waals surface area contributed by atoms with Crippen molar-refractivity contribution >= 4 is 23.9 Å². The maximum atomic E-state index is 11.9. The second kappa shape index (κ2) is 10.2. The minimum Gasteiger partial charge on any atom is -0.497 e. The number of amides is 1. The number of hydrazone groups is 1. The summed E-state index contributed by atoms with van der Waals surface area (Å²) in [7, 11) is 1.59. The number of carbonyl (C=O) groups is 1. The fourth-order valence-corrected chi connectivity index (χ4v) is 2.62. The van der Waals surface area contributed by atoms with Gasteiger partial charge < -0.3 is 9.47 Å². The van der Waals surface area contributed by atoms with Gasteiger partial charge in [-0.1, -0.05) is 30.9 Å². The van der Waals surface area contributed by atoms with Crippen molar-refractivity contribution in [3.05, 3.63) is 66.7 Å². The van der Waals surface area contributed by atoms with Gasteiger partial charge >= 0.3 is 0 Å². The van der Waals surface area contributed by atoms with E-state index in [1.165, 1.54) is 18.0 Å². The summed E-state index contributed by atoms with van der Waals surface area (Å²) in [6.45, 7) is 4.01. The third-order valence-electron chi connectivity index (χ3n) is 3.08. The van der Waals surface area contributed by atoms with Crippen LogP contribution in [0.5, 0.6) is 11.5 Å². The maximum absolute atomic E-state index is 11.9. The minimum absolute atomic E-state index is 0.179. The van der Waals surface area contributed by atoms with Crippen molar-refractivity contribution in [1.82, 2.24) is 5.43 Å². The highest BCUT2D eigenvalue weighted by Crippen LogP contribution is 2.22. The summed E-state index contributed by atoms with van der Waals surface area (Å²) in [6.07, 6.45) is 3.19. The predicted molar refractivity (Wildman–Crippen MR) is 102 cm³/mol. The van der Waals surface area contributed by atoms with Gasteiger partial charge in [-0.2, -0.15) is 5.10 Å². The summed E-state index contributed by atoms with van der Waals surface area (Å²) in [6, 6.07) is 15.1. The highest BCUT2D eigenvalue weighted by Gasteiger charge is 2.05. The molecule has 0 aliphatic heterocycles. The number of benzene rings is 2. The zero-order valence-corrected chi connectivity index (χ0v) is 14.8. The maximum Gasteiger partial charge on any atom is 0.250 e. The molecule has 0 unspecified atom stereocenters. The Morgan fingerprint density at radius 2 is 2.08 bits per heavy atom. The topological polar surface area (TPSA) is 59.9 Å². The summed E-state index contributed by atoms with van der Waals surface area (Å²) in [5, 5.41) is 4.00. The molecule has 2 rings (SSSR count). The lowest BCUT2D eigenvalue weighted by Gasteiger charge is -2.09. The standard InChI is InChI=1S/C19H20N2O3S/c1-3-11-24-18-10-9-16(23-2)12-15(18)13-20-21-19(22)14-25-17-7-5-4-6-8-17/h3-10,12-13H,1,11,14H2,2H3,(H,21,22)/b20-13-. The molecule has 6 heteroatoms. The Bertz CT molecular complexity index is 733. The van der Waals surface area contributed by atoms with Gasteiger partial charge in [0.25, 0.3) is 0 Å². The summed E-state index contributed by atoms with van der Waals surface area (Å²) >= 11 is 1.45. The van der Waals surface area contributed by atoms with Crippen molar-refractivity contribution in [2.75, 3.05) is 19.5 Å². The van der Waals surface area contributed by atoms with E-state index in [2.05, 4.69) is 17.1 Å². The van der Waals surface area contributed by atoms with Crippen molar-refractivity contribution in [3.8, 4) is 11.5 Å². The van der Waals surface area contributed by atoms with Gasteiger partial charge in [-0.15, -0.1) is 11.8 Å². The first kappa shape index (κ1) is 18.6. The van der Waals surface area contributed by atoms with Crippen LogP contribution in [-0.4, -0.2) is 31.6 Å². The van der Waals surface area contributed by atoms with Crippen molar-refractivity contribution in [1.29, 1.82) is 0 Å². The Balaban J connectivity index is 1.93. The van der Waals surface area contributed by atoms with Crippen LogP contribution in [0.15, 0.2) is 71.2 Å². The SMILES string of the molecule is C=CCOc1ccc(OC)cc1/C=N\NC(=O)CSc1ccccc1. The molecule has 130 valence electrons. The summed E-state index contributed by atoms with van der Waals surface area (Å²) in [4.78, 5) is 12.9. The largest absolute Gasteiger partial charge is 0.497 e. The van der Waals surface area contributed by atoms with Crippen LogP contribution in [-0.2, 0) is 4.79 Å². The van der Waals surface area contributed by atoms with E-state index in [0.717, 1.165) is 4.90 Å². The van der Waals surface area contributed by atoms with Gasteiger partial charge in [0.15, 0.2) is 0 Å². The lowest BCUT2D eigenvalue weighted by Crippen LogP contribution is -2.19. The Morgan fingerprint density at radius 1 is 1.28 bits per heavy atom. The van der Waals surface area contributed by atoms with E-state index in [4.69, 9.17) is 9.47 Å². The highest BCUT2D eigenvalue weighted by atomic mass is 32.2. The number of nitrogens with one attached hydrogen (secondary N) is 1. The quantitative estimate of drug-likeness (QED) is 0.323. The van der Waals surface area contributed by atoms with E-state index in [1.807, 2.05) is 30.3 Å². The first-order chi connectivity index (χ1) is 12.2. The first-order valence-corrected chi connectivity index (χ1v) is 8.63. The normalized spacial score (nSPS) is 10.4. The number of methoxy groups -OCH3 is 1. The molecule has 0 radical (unpaired) electrons. The second-order valence-corrected chi connectivity index (χ2v) is 5.95. The van der Waals surface area contributed by atoms with Crippen LogP contribution in [0, 0.1) is 0 Å². The third-order valence-corrected chi connectivity index (χ3v) is 4.09. The van der Waals surface area contributed by atoms with Gasteiger partial charge in [-0.05, 0) is 30.3 Å². The molecule has 1 N–H and O–H groups in total. The monoisotopic (exact) mass is 356 g/mol. The first-order valence-electron chi connectivity index (χ1n) is 7.64. The van der Waals surface area contributed by atoms with Crippen molar-refractivity contribution < 1.29 is 14.3 Å². The van der Waals surface area contributed by atoms with Crippen LogP contribution in [0.2, 0.25) is 0 Å². The fraction of sp³-hybridized carbons (Fsp3) is 0.158. The fourth-order valence-electron chi connectivity index (χ4n) is 1.91. The van der Waals surface area contributed by atoms with Crippen molar-refractivity contribution in [3.63, 3.8) is 0 Å². The number of carbonyl (C=O) groups excluding carboxylic acids is 1. The van der Waals surface area contributed by atoms with Crippen molar-refractivity contribution in [2.45, 2.75) is 4.90 Å². The molecule has 0 spiro atoms. The van der Waals surface area contributed by atoms with Crippen LogP contribution >= 0.6 is 11.8 Å². The molecule has 0 aliphatic rings. The van der Waals surface area contributed by atoms with Crippen LogP contribution in [0.1, 0.15) is 5.56 Å². The number of nitrogens with zero attached hydrogens (tertiary/aromatic N) is 1. The molecule has 0 heterocycles. The molecule has 25 heavy (non-hydrogen) atoms. The molecule has 0 saturated heterocycles. The average molecular weight is 356 g/mol. The highest BCUT2D eigenvalue weighted by molar-refractivity contribution is 8.00.